The van der Waals surface area contributed by atoms with Gasteiger partial charge < -0.3 is 15.8 Å². The Morgan fingerprint density at radius 1 is 1.39 bits per heavy atom. The van der Waals surface area contributed by atoms with Crippen LogP contribution in [-0.2, 0) is 10.8 Å². The summed E-state index contributed by atoms with van der Waals surface area (Å²) in [6.07, 6.45) is 3.33. The molecule has 1 rings (SSSR count). The van der Waals surface area contributed by atoms with E-state index in [0.29, 0.717) is 24.9 Å². The van der Waals surface area contributed by atoms with Gasteiger partial charge >= 0.3 is 6.01 Å². The number of nitrogens with two attached hydrogens (primary N) is 1. The number of ether oxygens (including phenoxy) is 1. The molecule has 7 nitrogen and oxygen atoms in total. The molecule has 8 heteroatoms. The van der Waals surface area contributed by atoms with Crippen LogP contribution in [-0.4, -0.2) is 44.3 Å². The van der Waals surface area contributed by atoms with Gasteiger partial charge in [0.1, 0.15) is 0 Å². The molecule has 0 radical (unpaired) electrons. The summed E-state index contributed by atoms with van der Waals surface area (Å²) in [6, 6.07) is 0.228. The average Bonchev–Trinajstić information content (AvgIpc) is 2.31. The van der Waals surface area contributed by atoms with Crippen molar-refractivity contribution in [3.05, 3.63) is 0 Å². The van der Waals surface area contributed by atoms with Crippen molar-refractivity contribution >= 4 is 22.7 Å². The lowest BCUT2D eigenvalue weighted by molar-refractivity contribution is 0.292. The van der Waals surface area contributed by atoms with Crippen LogP contribution in [0.3, 0.4) is 0 Å². The monoisotopic (exact) mass is 273 g/mol. The van der Waals surface area contributed by atoms with E-state index in [1.807, 2.05) is 6.92 Å². The Morgan fingerprint density at radius 2 is 2.17 bits per heavy atom. The van der Waals surface area contributed by atoms with Gasteiger partial charge in [0.25, 0.3) is 0 Å². The largest absolute Gasteiger partial charge is 0.463 e. The molecule has 1 aromatic heterocycles. The molecular formula is C10H19N5O2S. The standard InChI is InChI=1S/C10H19N5O2S/c1-3-6-17-10-14-8(11)13-9(15-10)12-5-4-7-18(2)16/h3-7H2,1-2H3,(H3,11,12,13,14,15). The Balaban J connectivity index is 2.48. The number of aromatic nitrogens is 3. The van der Waals surface area contributed by atoms with Crippen LogP contribution in [0.4, 0.5) is 11.9 Å². The van der Waals surface area contributed by atoms with Crippen molar-refractivity contribution in [1.82, 2.24) is 15.0 Å². The van der Waals surface area contributed by atoms with Gasteiger partial charge in [-0.3, -0.25) is 4.21 Å². The number of nitrogen functional groups attached to an aromatic ring is 1. The fourth-order valence-electron chi connectivity index (χ4n) is 1.18. The Hall–Kier alpha value is -1.44. The van der Waals surface area contributed by atoms with Gasteiger partial charge in [-0.25, -0.2) is 0 Å². The molecule has 1 unspecified atom stereocenters. The Bertz CT molecular complexity index is 402. The van der Waals surface area contributed by atoms with Gasteiger partial charge in [0.15, 0.2) is 0 Å². The van der Waals surface area contributed by atoms with E-state index in [1.54, 1.807) is 6.26 Å². The molecule has 1 atom stereocenters. The van der Waals surface area contributed by atoms with Gasteiger partial charge in [0, 0.05) is 29.4 Å². The van der Waals surface area contributed by atoms with E-state index in [9.17, 15) is 4.21 Å². The Labute approximate surface area is 109 Å². The van der Waals surface area contributed by atoms with E-state index in [2.05, 4.69) is 20.3 Å². The fourth-order valence-corrected chi connectivity index (χ4v) is 1.74. The molecular weight excluding hydrogens is 254 g/mol. The number of rotatable bonds is 8. The molecule has 0 spiro atoms. The number of nitrogens with zero attached hydrogens (tertiary/aromatic N) is 3. The van der Waals surface area contributed by atoms with Crippen LogP contribution in [0.1, 0.15) is 19.8 Å². The highest BCUT2D eigenvalue weighted by atomic mass is 32.2. The highest BCUT2D eigenvalue weighted by molar-refractivity contribution is 7.84. The molecule has 0 amide bonds. The second-order valence-corrected chi connectivity index (χ2v) is 5.26. The average molecular weight is 273 g/mol. The van der Waals surface area contributed by atoms with Crippen LogP contribution < -0.4 is 15.8 Å². The molecule has 0 saturated carbocycles. The lowest BCUT2D eigenvalue weighted by Crippen LogP contribution is -2.12. The minimum atomic E-state index is -0.779. The zero-order valence-electron chi connectivity index (χ0n) is 10.7. The van der Waals surface area contributed by atoms with Crippen LogP contribution in [0.5, 0.6) is 6.01 Å². The Kier molecular flexibility index (Phi) is 6.34. The van der Waals surface area contributed by atoms with Gasteiger partial charge in [-0.1, -0.05) is 6.92 Å². The van der Waals surface area contributed by atoms with Crippen LogP contribution in [0.2, 0.25) is 0 Å². The maximum atomic E-state index is 10.9. The maximum absolute atomic E-state index is 10.9. The van der Waals surface area contributed by atoms with Crippen molar-refractivity contribution in [3.63, 3.8) is 0 Å². The van der Waals surface area contributed by atoms with Crippen LogP contribution in [0.25, 0.3) is 0 Å². The summed E-state index contributed by atoms with van der Waals surface area (Å²) in [5, 5.41) is 3.00. The first-order valence-corrected chi connectivity index (χ1v) is 7.52. The SMILES string of the molecule is CCCOc1nc(N)nc(NCCCS(C)=O)n1. The van der Waals surface area contributed by atoms with Gasteiger partial charge in [-0.15, -0.1) is 0 Å². The summed E-state index contributed by atoms with van der Waals surface area (Å²) in [4.78, 5) is 11.9. The highest BCUT2D eigenvalue weighted by Crippen LogP contribution is 2.09. The van der Waals surface area contributed by atoms with Crippen molar-refractivity contribution in [1.29, 1.82) is 0 Å². The number of anilines is 2. The molecule has 0 saturated heterocycles. The van der Waals surface area contributed by atoms with Crippen LogP contribution in [0.15, 0.2) is 0 Å². The molecule has 0 aromatic carbocycles. The van der Waals surface area contributed by atoms with Crippen molar-refractivity contribution in [2.45, 2.75) is 19.8 Å². The minimum absolute atomic E-state index is 0.123. The minimum Gasteiger partial charge on any atom is -0.463 e. The molecule has 18 heavy (non-hydrogen) atoms. The van der Waals surface area contributed by atoms with E-state index in [-0.39, 0.29) is 12.0 Å². The predicted molar refractivity (Wildman–Crippen MR) is 72.1 cm³/mol. The highest BCUT2D eigenvalue weighted by Gasteiger charge is 2.04. The van der Waals surface area contributed by atoms with Crippen molar-refractivity contribution in [3.8, 4) is 6.01 Å². The van der Waals surface area contributed by atoms with Crippen molar-refractivity contribution in [2.24, 2.45) is 0 Å². The van der Waals surface area contributed by atoms with E-state index in [4.69, 9.17) is 10.5 Å². The first-order valence-electron chi connectivity index (χ1n) is 5.80. The molecule has 1 aromatic rings. The maximum Gasteiger partial charge on any atom is 0.323 e. The summed E-state index contributed by atoms with van der Waals surface area (Å²) < 4.78 is 16.2. The smallest absolute Gasteiger partial charge is 0.323 e. The van der Waals surface area contributed by atoms with E-state index < -0.39 is 10.8 Å². The lowest BCUT2D eigenvalue weighted by atomic mass is 10.5. The molecule has 0 aliphatic carbocycles. The summed E-state index contributed by atoms with van der Waals surface area (Å²) in [6.45, 7) is 3.17. The molecule has 0 bridgehead atoms. The van der Waals surface area contributed by atoms with Gasteiger partial charge in [-0.05, 0) is 12.8 Å². The van der Waals surface area contributed by atoms with E-state index >= 15 is 0 Å². The normalized spacial score (nSPS) is 12.1. The zero-order valence-corrected chi connectivity index (χ0v) is 11.5. The van der Waals surface area contributed by atoms with Crippen molar-refractivity contribution in [2.75, 3.05) is 36.2 Å². The zero-order chi connectivity index (χ0) is 13.4. The van der Waals surface area contributed by atoms with Gasteiger partial charge in [0.2, 0.25) is 11.9 Å². The molecule has 0 aliphatic rings. The summed E-state index contributed by atoms with van der Waals surface area (Å²) in [7, 11) is -0.779. The number of hydrogen-bond donors (Lipinski definition) is 2. The second-order valence-electron chi connectivity index (χ2n) is 3.71. The third-order valence-electron chi connectivity index (χ3n) is 1.96. The molecule has 0 aliphatic heterocycles. The summed E-state index contributed by atoms with van der Waals surface area (Å²) in [5.41, 5.74) is 5.55. The van der Waals surface area contributed by atoms with E-state index in [1.165, 1.54) is 0 Å². The molecule has 102 valence electrons. The fraction of sp³-hybridized carbons (Fsp3) is 0.700. The van der Waals surface area contributed by atoms with Crippen LogP contribution >= 0.6 is 0 Å². The van der Waals surface area contributed by atoms with Crippen LogP contribution in [0, 0.1) is 0 Å². The second kappa shape index (κ2) is 7.80. The first-order chi connectivity index (χ1) is 8.61. The first kappa shape index (κ1) is 14.6. The third-order valence-corrected chi connectivity index (χ3v) is 2.82. The lowest BCUT2D eigenvalue weighted by Gasteiger charge is -2.07. The van der Waals surface area contributed by atoms with Crippen molar-refractivity contribution < 1.29 is 8.95 Å². The Morgan fingerprint density at radius 3 is 2.83 bits per heavy atom. The molecule has 3 N–H and O–H groups in total. The van der Waals surface area contributed by atoms with E-state index in [0.717, 1.165) is 12.8 Å². The predicted octanol–water partition coefficient (Wildman–Crippen LogP) is 0.423. The third kappa shape index (κ3) is 5.76. The van der Waals surface area contributed by atoms with Gasteiger partial charge in [-0.2, -0.15) is 15.0 Å². The quantitative estimate of drug-likeness (QED) is 0.662. The molecule has 1 heterocycles. The summed E-state index contributed by atoms with van der Waals surface area (Å²) >= 11 is 0. The molecule has 0 fully saturated rings. The number of nitrogens with one attached hydrogen (secondary N) is 1. The number of hydrogen-bond acceptors (Lipinski definition) is 7. The van der Waals surface area contributed by atoms with Gasteiger partial charge in [0.05, 0.1) is 6.61 Å². The summed E-state index contributed by atoms with van der Waals surface area (Å²) in [5.74, 6) is 1.15. The topological polar surface area (TPSA) is 103 Å².